The van der Waals surface area contributed by atoms with Crippen molar-refractivity contribution in [1.82, 2.24) is 0 Å². The molecule has 6 nitrogen and oxygen atoms in total. The lowest BCUT2D eigenvalue weighted by Gasteiger charge is -2.33. The Hall–Kier alpha value is -2.08. The molecule has 1 aliphatic heterocycles. The van der Waals surface area contributed by atoms with Crippen molar-refractivity contribution < 1.29 is 19.2 Å². The second kappa shape index (κ2) is 8.15. The number of quaternary nitrogens is 1. The molecule has 2 rings (SSSR count). The third kappa shape index (κ3) is 4.71. The molecule has 1 aromatic carbocycles. The topological polar surface area (TPSA) is 63.1 Å². The highest BCUT2D eigenvalue weighted by atomic mass is 16.5. The first-order valence-corrected chi connectivity index (χ1v) is 8.49. The number of benzene rings is 1. The molecule has 0 atom stereocenters. The highest BCUT2D eigenvalue weighted by Crippen LogP contribution is 2.28. The number of ether oxygens (including phenoxy) is 1. The number of carbonyl (C=O) groups excluding carboxylic acids is 2. The maximum absolute atomic E-state index is 12.2. The molecule has 0 aromatic heterocycles. The molecule has 1 saturated heterocycles. The molecule has 0 saturated carbocycles. The molecule has 0 bridgehead atoms. The van der Waals surface area contributed by atoms with Crippen LogP contribution >= 0.6 is 0 Å². The van der Waals surface area contributed by atoms with Crippen LogP contribution in [0.4, 0.5) is 11.4 Å². The number of nitrogens with one attached hydrogen (secondary N) is 2. The zero-order valence-corrected chi connectivity index (χ0v) is 15.0. The minimum Gasteiger partial charge on any atom is -0.465 e. The molecule has 1 aliphatic rings. The zero-order valence-electron chi connectivity index (χ0n) is 15.0. The van der Waals surface area contributed by atoms with E-state index >= 15 is 0 Å². The summed E-state index contributed by atoms with van der Waals surface area (Å²) in [7, 11) is 3.54. The molecule has 0 radical (unpaired) electrons. The van der Waals surface area contributed by atoms with Crippen molar-refractivity contribution in [2.24, 2.45) is 5.92 Å². The summed E-state index contributed by atoms with van der Waals surface area (Å²) in [4.78, 5) is 27.8. The number of piperazine rings is 1. The number of esters is 1. The van der Waals surface area contributed by atoms with Gasteiger partial charge in [0.15, 0.2) is 0 Å². The van der Waals surface area contributed by atoms with Crippen LogP contribution < -0.4 is 15.1 Å². The van der Waals surface area contributed by atoms with Gasteiger partial charge < -0.3 is 19.9 Å². The van der Waals surface area contributed by atoms with E-state index in [0.29, 0.717) is 17.7 Å². The summed E-state index contributed by atoms with van der Waals surface area (Å²) in [5.41, 5.74) is 2.09. The lowest BCUT2D eigenvalue weighted by atomic mass is 10.1. The Morgan fingerprint density at radius 3 is 2.54 bits per heavy atom. The normalized spacial score (nSPS) is 15.5. The van der Waals surface area contributed by atoms with Crippen molar-refractivity contribution in [3.8, 4) is 0 Å². The maximum Gasteiger partial charge on any atom is 0.337 e. The van der Waals surface area contributed by atoms with Gasteiger partial charge in [0.2, 0.25) is 5.91 Å². The van der Waals surface area contributed by atoms with E-state index in [9.17, 15) is 9.59 Å². The van der Waals surface area contributed by atoms with Gasteiger partial charge in [-0.2, -0.15) is 0 Å². The van der Waals surface area contributed by atoms with E-state index in [2.05, 4.69) is 17.3 Å². The summed E-state index contributed by atoms with van der Waals surface area (Å²) in [6.07, 6.45) is 0.453. The van der Waals surface area contributed by atoms with Crippen LogP contribution in [-0.4, -0.2) is 52.2 Å². The summed E-state index contributed by atoms with van der Waals surface area (Å²) in [5.74, 6) is -0.152. The molecule has 0 spiro atoms. The predicted molar refractivity (Wildman–Crippen MR) is 94.7 cm³/mol. The quantitative estimate of drug-likeness (QED) is 0.782. The second-order valence-corrected chi connectivity index (χ2v) is 6.81. The van der Waals surface area contributed by atoms with E-state index < -0.39 is 5.97 Å². The van der Waals surface area contributed by atoms with Crippen molar-refractivity contribution in [1.29, 1.82) is 0 Å². The van der Waals surface area contributed by atoms with Gasteiger partial charge in [-0.25, -0.2) is 4.79 Å². The van der Waals surface area contributed by atoms with Crippen molar-refractivity contribution >= 4 is 23.3 Å². The van der Waals surface area contributed by atoms with Crippen LogP contribution in [0.2, 0.25) is 0 Å². The number of hydrogen-bond acceptors (Lipinski definition) is 4. The Kier molecular flexibility index (Phi) is 6.20. The summed E-state index contributed by atoms with van der Waals surface area (Å²) in [6, 6.07) is 5.37. The number of amides is 1. The van der Waals surface area contributed by atoms with Gasteiger partial charge in [-0.3, -0.25) is 4.79 Å². The molecule has 1 fully saturated rings. The number of hydrogen-bond donors (Lipinski definition) is 2. The molecule has 0 aliphatic carbocycles. The maximum atomic E-state index is 12.2. The van der Waals surface area contributed by atoms with Gasteiger partial charge in [0.1, 0.15) is 0 Å². The first kappa shape index (κ1) is 18.3. The van der Waals surface area contributed by atoms with E-state index in [0.717, 1.165) is 31.9 Å². The lowest BCUT2D eigenvalue weighted by Crippen LogP contribution is -3.12. The average Bonchev–Trinajstić information content (AvgIpc) is 2.54. The fraction of sp³-hybridized carbons (Fsp3) is 0.556. The van der Waals surface area contributed by atoms with Gasteiger partial charge in [0.05, 0.1) is 57.3 Å². The Morgan fingerprint density at radius 2 is 1.96 bits per heavy atom. The molecular weight excluding hydrogens is 306 g/mol. The minimum atomic E-state index is -0.399. The number of methoxy groups -OCH3 is 1. The minimum absolute atomic E-state index is 0.0342. The van der Waals surface area contributed by atoms with Gasteiger partial charge >= 0.3 is 5.97 Å². The summed E-state index contributed by atoms with van der Waals surface area (Å²) in [6.45, 7) is 7.98. The molecule has 2 N–H and O–H groups in total. The van der Waals surface area contributed by atoms with Crippen molar-refractivity contribution in [2.45, 2.75) is 20.3 Å². The van der Waals surface area contributed by atoms with E-state index in [1.165, 1.54) is 12.0 Å². The van der Waals surface area contributed by atoms with Crippen molar-refractivity contribution in [3.05, 3.63) is 23.8 Å². The standard InChI is InChI=1S/C18H27N3O3/c1-13(2)11-17(22)19-15-12-14(18(23)24-4)5-6-16(15)21-9-7-20(3)8-10-21/h5-6,12-13H,7-11H2,1-4H3,(H,19,22)/p+1. The van der Waals surface area contributed by atoms with Crippen LogP contribution in [0.3, 0.4) is 0 Å². The Labute approximate surface area is 143 Å². The predicted octanol–water partition coefficient (Wildman–Crippen LogP) is 0.793. The Balaban J connectivity index is 2.27. The molecular formula is C18H28N3O3+. The first-order valence-electron chi connectivity index (χ1n) is 8.49. The first-order chi connectivity index (χ1) is 11.4. The van der Waals surface area contributed by atoms with Crippen LogP contribution in [0.1, 0.15) is 30.6 Å². The average molecular weight is 334 g/mol. The third-order valence-corrected chi connectivity index (χ3v) is 4.24. The Bertz CT molecular complexity index is 593. The Morgan fingerprint density at radius 1 is 1.29 bits per heavy atom. The van der Waals surface area contributed by atoms with Crippen LogP contribution in [0, 0.1) is 5.92 Å². The fourth-order valence-electron chi connectivity index (χ4n) is 2.86. The molecule has 1 heterocycles. The molecule has 132 valence electrons. The number of likely N-dealkylation sites (N-methyl/N-ethyl adjacent to an activating group) is 1. The SMILES string of the molecule is COC(=O)c1ccc(N2CC[NH+](C)CC2)c(NC(=O)CC(C)C)c1. The molecule has 6 heteroatoms. The molecule has 0 unspecified atom stereocenters. The summed E-state index contributed by atoms with van der Waals surface area (Å²) in [5, 5.41) is 2.97. The van der Waals surface area contributed by atoms with Gasteiger partial charge in [-0.15, -0.1) is 0 Å². The fourth-order valence-corrected chi connectivity index (χ4v) is 2.86. The lowest BCUT2D eigenvalue weighted by molar-refractivity contribution is -0.880. The van der Waals surface area contributed by atoms with Gasteiger partial charge in [0, 0.05) is 6.42 Å². The third-order valence-electron chi connectivity index (χ3n) is 4.24. The van der Waals surface area contributed by atoms with Crippen LogP contribution in [0.5, 0.6) is 0 Å². The van der Waals surface area contributed by atoms with E-state index in [1.807, 2.05) is 19.9 Å². The highest BCUT2D eigenvalue weighted by molar-refractivity contribution is 5.98. The highest BCUT2D eigenvalue weighted by Gasteiger charge is 2.21. The number of carbonyl (C=O) groups is 2. The summed E-state index contributed by atoms with van der Waals surface area (Å²) < 4.78 is 4.79. The number of rotatable bonds is 5. The largest absolute Gasteiger partial charge is 0.465 e. The van der Waals surface area contributed by atoms with Gasteiger partial charge in [0.25, 0.3) is 0 Å². The van der Waals surface area contributed by atoms with Crippen LogP contribution in [-0.2, 0) is 9.53 Å². The smallest absolute Gasteiger partial charge is 0.337 e. The van der Waals surface area contributed by atoms with Crippen LogP contribution in [0.15, 0.2) is 18.2 Å². The molecule has 1 aromatic rings. The molecule has 1 amide bonds. The van der Waals surface area contributed by atoms with E-state index in [-0.39, 0.29) is 11.8 Å². The van der Waals surface area contributed by atoms with E-state index in [4.69, 9.17) is 4.74 Å². The van der Waals surface area contributed by atoms with E-state index in [1.54, 1.807) is 12.1 Å². The molecule has 24 heavy (non-hydrogen) atoms. The van der Waals surface area contributed by atoms with Crippen molar-refractivity contribution in [3.63, 3.8) is 0 Å². The summed E-state index contributed by atoms with van der Waals surface area (Å²) >= 11 is 0. The zero-order chi connectivity index (χ0) is 17.7. The number of anilines is 2. The monoisotopic (exact) mass is 334 g/mol. The second-order valence-electron chi connectivity index (χ2n) is 6.81. The number of nitrogens with zero attached hydrogens (tertiary/aromatic N) is 1. The van der Waals surface area contributed by atoms with Gasteiger partial charge in [-0.1, -0.05) is 13.8 Å². The van der Waals surface area contributed by atoms with Crippen molar-refractivity contribution in [2.75, 3.05) is 50.6 Å². The van der Waals surface area contributed by atoms with Crippen LogP contribution in [0.25, 0.3) is 0 Å². The van der Waals surface area contributed by atoms with Gasteiger partial charge in [-0.05, 0) is 24.1 Å².